The van der Waals surface area contributed by atoms with E-state index in [1.165, 1.54) is 61.4 Å². The van der Waals surface area contributed by atoms with Crippen LogP contribution < -0.4 is 5.32 Å². The molecular formula is C32H43N. The predicted molar refractivity (Wildman–Crippen MR) is 150 cm³/mol. The van der Waals surface area contributed by atoms with Crippen molar-refractivity contribution < 1.29 is 0 Å². The molecule has 2 rings (SSSR count). The monoisotopic (exact) mass is 441 g/mol. The van der Waals surface area contributed by atoms with Gasteiger partial charge in [-0.15, -0.1) is 0 Å². The summed E-state index contributed by atoms with van der Waals surface area (Å²) < 4.78 is 0. The van der Waals surface area contributed by atoms with Gasteiger partial charge in [0.1, 0.15) is 0 Å². The normalized spacial score (nSPS) is 13.2. The van der Waals surface area contributed by atoms with E-state index in [1.54, 1.807) is 0 Å². The summed E-state index contributed by atoms with van der Waals surface area (Å²) in [6, 6.07) is 9.01. The zero-order valence-corrected chi connectivity index (χ0v) is 22.3. The van der Waals surface area contributed by atoms with Gasteiger partial charge in [0.15, 0.2) is 0 Å². The van der Waals surface area contributed by atoms with Crippen LogP contribution in [0.4, 0.5) is 5.69 Å². The Morgan fingerprint density at radius 1 is 0.939 bits per heavy atom. The highest BCUT2D eigenvalue weighted by atomic mass is 14.9. The van der Waals surface area contributed by atoms with Crippen molar-refractivity contribution >= 4 is 11.8 Å². The molecule has 0 bridgehead atoms. The smallest absolute Gasteiger partial charge is 0.0408 e. The number of nitrogens with one attached hydrogen (secondary N) is 1. The topological polar surface area (TPSA) is 12.0 Å². The number of hydrogen-bond donors (Lipinski definition) is 1. The van der Waals surface area contributed by atoms with E-state index in [1.807, 2.05) is 0 Å². The Morgan fingerprint density at radius 2 is 1.61 bits per heavy atom. The van der Waals surface area contributed by atoms with Crippen molar-refractivity contribution in [2.45, 2.75) is 75.2 Å². The van der Waals surface area contributed by atoms with E-state index < -0.39 is 0 Å². The van der Waals surface area contributed by atoms with Gasteiger partial charge >= 0.3 is 0 Å². The Bertz CT molecular complexity index is 1070. The molecule has 0 amide bonds. The van der Waals surface area contributed by atoms with Crippen LogP contribution in [0, 0.1) is 20.8 Å². The van der Waals surface area contributed by atoms with Crippen molar-refractivity contribution in [3.8, 4) is 11.1 Å². The van der Waals surface area contributed by atoms with E-state index in [-0.39, 0.29) is 0 Å². The third-order valence-electron chi connectivity index (χ3n) is 6.42. The van der Waals surface area contributed by atoms with Gasteiger partial charge in [0.2, 0.25) is 0 Å². The van der Waals surface area contributed by atoms with E-state index in [0.29, 0.717) is 0 Å². The number of allylic oxidation sites excluding steroid dienone is 7. The van der Waals surface area contributed by atoms with Crippen molar-refractivity contribution in [1.29, 1.82) is 0 Å². The zero-order valence-electron chi connectivity index (χ0n) is 22.3. The minimum absolute atomic E-state index is 0.987. The molecular weight excluding hydrogens is 398 g/mol. The van der Waals surface area contributed by atoms with Gasteiger partial charge in [0.25, 0.3) is 0 Å². The van der Waals surface area contributed by atoms with Crippen molar-refractivity contribution in [1.82, 2.24) is 0 Å². The molecule has 2 aromatic rings. The minimum atomic E-state index is 0.987. The summed E-state index contributed by atoms with van der Waals surface area (Å²) >= 11 is 0. The highest BCUT2D eigenvalue weighted by molar-refractivity contribution is 5.87. The van der Waals surface area contributed by atoms with Gasteiger partial charge in [-0.25, -0.2) is 0 Å². The van der Waals surface area contributed by atoms with E-state index in [0.717, 1.165) is 19.4 Å². The van der Waals surface area contributed by atoms with E-state index >= 15 is 0 Å². The van der Waals surface area contributed by atoms with Crippen LogP contribution in [0.1, 0.15) is 75.8 Å². The molecule has 33 heavy (non-hydrogen) atoms. The summed E-state index contributed by atoms with van der Waals surface area (Å²) in [5.41, 5.74) is 14.5. The molecule has 0 saturated heterocycles. The minimum Gasteiger partial charge on any atom is -0.385 e. The molecule has 1 nitrogen and oxygen atoms in total. The first-order valence-electron chi connectivity index (χ1n) is 12.4. The summed E-state index contributed by atoms with van der Waals surface area (Å²) in [6.45, 7) is 20.8. The lowest BCUT2D eigenvalue weighted by atomic mass is 9.84. The zero-order chi connectivity index (χ0) is 24.5. The second-order valence-electron chi connectivity index (χ2n) is 9.00. The molecule has 0 radical (unpaired) electrons. The van der Waals surface area contributed by atoms with E-state index in [9.17, 15) is 0 Å². The van der Waals surface area contributed by atoms with Gasteiger partial charge in [0, 0.05) is 12.2 Å². The molecule has 0 fully saturated rings. The number of benzene rings is 2. The second kappa shape index (κ2) is 12.4. The first kappa shape index (κ1) is 26.5. The fourth-order valence-electron chi connectivity index (χ4n) is 4.39. The van der Waals surface area contributed by atoms with E-state index in [4.69, 9.17) is 0 Å². The van der Waals surface area contributed by atoms with Gasteiger partial charge in [-0.1, -0.05) is 79.6 Å². The Hall–Kier alpha value is -2.80. The maximum absolute atomic E-state index is 3.74. The first-order chi connectivity index (χ1) is 15.8. The summed E-state index contributed by atoms with van der Waals surface area (Å²) in [5.74, 6) is 0. The van der Waals surface area contributed by atoms with Crippen LogP contribution in [-0.2, 0) is 6.42 Å². The van der Waals surface area contributed by atoms with Crippen LogP contribution in [0.3, 0.4) is 0 Å². The fourth-order valence-corrected chi connectivity index (χ4v) is 4.39. The van der Waals surface area contributed by atoms with Crippen LogP contribution >= 0.6 is 0 Å². The Balaban J connectivity index is 2.91. The second-order valence-corrected chi connectivity index (χ2v) is 9.00. The molecule has 0 unspecified atom stereocenters. The molecule has 2 aromatic carbocycles. The fraction of sp³-hybridized carbons (Fsp3) is 0.375. The molecule has 176 valence electrons. The number of aryl methyl sites for hydroxylation is 1. The summed E-state index contributed by atoms with van der Waals surface area (Å²) in [6.07, 6.45) is 13.3. The predicted octanol–water partition coefficient (Wildman–Crippen LogP) is 9.54. The molecule has 0 saturated carbocycles. The molecule has 0 aliphatic carbocycles. The molecule has 0 aromatic heterocycles. The Morgan fingerprint density at radius 3 is 2.15 bits per heavy atom. The van der Waals surface area contributed by atoms with Gasteiger partial charge in [-0.2, -0.15) is 0 Å². The number of hydrogen-bond acceptors (Lipinski definition) is 1. The summed E-state index contributed by atoms with van der Waals surface area (Å²) in [5, 5.41) is 3.74. The molecule has 1 N–H and O–H groups in total. The van der Waals surface area contributed by atoms with Crippen molar-refractivity contribution in [2.75, 3.05) is 11.9 Å². The highest BCUT2D eigenvalue weighted by Crippen LogP contribution is 2.40. The Kier molecular flexibility index (Phi) is 9.97. The molecule has 0 spiro atoms. The standard InChI is InChI=1S/C32H43N/c1-10-14-28(20-22(5)12-3)24(7)21-30-26(9)32(33-19-11-2)25(8)29(13-4)31(30)27-17-15-23(6)16-18-27/h10,12,14-18,20-21,33H,11,13,19H2,1-9H3/b14-10-,22-12?,24-21+,28-20+. The summed E-state index contributed by atoms with van der Waals surface area (Å²) in [4.78, 5) is 0. The summed E-state index contributed by atoms with van der Waals surface area (Å²) in [7, 11) is 0. The molecule has 0 aliphatic rings. The SMILES string of the molecule is CC=C(C)/C=C(\C=C/C)C(/C)=C/c1c(C)c(NCCC)c(C)c(CC)c1-c1ccc(C)cc1. The average Bonchev–Trinajstić information content (AvgIpc) is 2.80. The lowest BCUT2D eigenvalue weighted by molar-refractivity contribution is 0.971. The Labute approximate surface area is 203 Å². The van der Waals surface area contributed by atoms with Crippen molar-refractivity contribution in [3.05, 3.63) is 93.1 Å². The molecule has 0 heterocycles. The van der Waals surface area contributed by atoms with Crippen molar-refractivity contribution in [2.24, 2.45) is 0 Å². The van der Waals surface area contributed by atoms with Gasteiger partial charge < -0.3 is 5.32 Å². The molecule has 0 aliphatic heterocycles. The van der Waals surface area contributed by atoms with Gasteiger partial charge in [-0.05, 0) is 106 Å². The lowest BCUT2D eigenvalue weighted by Gasteiger charge is -2.24. The third-order valence-corrected chi connectivity index (χ3v) is 6.42. The van der Waals surface area contributed by atoms with Crippen LogP contribution in [0.25, 0.3) is 17.2 Å². The van der Waals surface area contributed by atoms with Crippen LogP contribution in [0.15, 0.2) is 65.3 Å². The number of rotatable bonds is 9. The largest absolute Gasteiger partial charge is 0.385 e. The van der Waals surface area contributed by atoms with Gasteiger partial charge in [-0.3, -0.25) is 0 Å². The van der Waals surface area contributed by atoms with Crippen LogP contribution in [0.5, 0.6) is 0 Å². The third kappa shape index (κ3) is 6.38. The number of anilines is 1. The van der Waals surface area contributed by atoms with Crippen LogP contribution in [-0.4, -0.2) is 6.54 Å². The highest BCUT2D eigenvalue weighted by Gasteiger charge is 2.19. The average molecular weight is 442 g/mol. The maximum atomic E-state index is 3.74. The van der Waals surface area contributed by atoms with Gasteiger partial charge in [0.05, 0.1) is 0 Å². The van der Waals surface area contributed by atoms with E-state index in [2.05, 4.69) is 122 Å². The van der Waals surface area contributed by atoms with Crippen molar-refractivity contribution in [3.63, 3.8) is 0 Å². The molecule has 0 atom stereocenters. The quantitative estimate of drug-likeness (QED) is 0.382. The van der Waals surface area contributed by atoms with Crippen LogP contribution in [0.2, 0.25) is 0 Å². The first-order valence-corrected chi connectivity index (χ1v) is 12.4. The lowest BCUT2D eigenvalue weighted by Crippen LogP contribution is -2.09. The molecule has 1 heteroatoms. The maximum Gasteiger partial charge on any atom is 0.0408 e.